The van der Waals surface area contributed by atoms with Crippen LogP contribution in [0.1, 0.15) is 0 Å². The summed E-state index contributed by atoms with van der Waals surface area (Å²) in [5, 5.41) is 1.23. The Hall–Kier alpha value is -1.81. The van der Waals surface area contributed by atoms with E-state index in [0.29, 0.717) is 16.2 Å². The summed E-state index contributed by atoms with van der Waals surface area (Å²) in [5.41, 5.74) is 0.722. The zero-order valence-electron chi connectivity index (χ0n) is 9.14. The van der Waals surface area contributed by atoms with E-state index in [9.17, 15) is 4.79 Å². The van der Waals surface area contributed by atoms with Crippen LogP contribution in [0.4, 0.5) is 0 Å². The Balaban J connectivity index is 2.37. The van der Waals surface area contributed by atoms with Gasteiger partial charge in [0.15, 0.2) is 6.61 Å². The molecule has 0 fully saturated rings. The van der Waals surface area contributed by atoms with Gasteiger partial charge >= 0.3 is 5.97 Å². The second-order valence-electron chi connectivity index (χ2n) is 3.31. The Labute approximate surface area is 103 Å². The molecule has 0 saturated carbocycles. The Bertz CT molecular complexity index is 551. The topological polar surface area (TPSA) is 48.4 Å². The minimum atomic E-state index is -0.443. The van der Waals surface area contributed by atoms with Gasteiger partial charge in [-0.2, -0.15) is 0 Å². The van der Waals surface area contributed by atoms with E-state index < -0.39 is 5.97 Å². The van der Waals surface area contributed by atoms with Gasteiger partial charge in [0.1, 0.15) is 5.75 Å². The molecule has 17 heavy (non-hydrogen) atoms. The van der Waals surface area contributed by atoms with Crippen LogP contribution in [-0.4, -0.2) is 24.7 Å². The molecule has 0 radical (unpaired) electrons. The zero-order valence-corrected chi connectivity index (χ0v) is 9.90. The van der Waals surface area contributed by atoms with Gasteiger partial charge in [-0.25, -0.2) is 4.79 Å². The molecule has 4 nitrogen and oxygen atoms in total. The van der Waals surface area contributed by atoms with Crippen molar-refractivity contribution in [2.45, 2.75) is 0 Å². The third-order valence-electron chi connectivity index (χ3n) is 2.25. The van der Waals surface area contributed by atoms with Gasteiger partial charge in [-0.15, -0.1) is 0 Å². The van der Waals surface area contributed by atoms with Gasteiger partial charge in [-0.1, -0.05) is 17.7 Å². The van der Waals surface area contributed by atoms with E-state index in [0.717, 1.165) is 5.52 Å². The van der Waals surface area contributed by atoms with Gasteiger partial charge in [-0.3, -0.25) is 4.98 Å². The third kappa shape index (κ3) is 2.47. The molecule has 0 saturated heterocycles. The van der Waals surface area contributed by atoms with Crippen LogP contribution in [0.15, 0.2) is 30.5 Å². The zero-order chi connectivity index (χ0) is 12.3. The summed E-state index contributed by atoms with van der Waals surface area (Å²) in [5.74, 6) is 0.0769. The smallest absolute Gasteiger partial charge is 0.343 e. The average molecular weight is 252 g/mol. The van der Waals surface area contributed by atoms with Crippen LogP contribution >= 0.6 is 11.6 Å². The molecule has 0 aliphatic rings. The molecule has 2 rings (SSSR count). The minimum Gasteiger partial charge on any atom is -0.481 e. The number of hydrogen-bond acceptors (Lipinski definition) is 4. The van der Waals surface area contributed by atoms with Gasteiger partial charge in [0.2, 0.25) is 0 Å². The standard InChI is InChI=1S/C12H10ClNO3/c1-16-11(15)7-17-10-5-6-14-9-4-2-3-8(13)12(9)10/h2-6H,7H2,1H3. The average Bonchev–Trinajstić information content (AvgIpc) is 2.36. The van der Waals surface area contributed by atoms with Crippen molar-refractivity contribution < 1.29 is 14.3 Å². The molecule has 5 heteroatoms. The first kappa shape index (κ1) is 11.7. The number of carbonyl (C=O) groups is 1. The van der Waals surface area contributed by atoms with E-state index in [1.165, 1.54) is 7.11 Å². The van der Waals surface area contributed by atoms with Crippen molar-refractivity contribution in [2.75, 3.05) is 13.7 Å². The predicted octanol–water partition coefficient (Wildman–Crippen LogP) is 2.44. The van der Waals surface area contributed by atoms with Crippen molar-refractivity contribution in [3.05, 3.63) is 35.5 Å². The maximum atomic E-state index is 11.0. The quantitative estimate of drug-likeness (QED) is 0.786. The lowest BCUT2D eigenvalue weighted by molar-refractivity contribution is -0.142. The fourth-order valence-electron chi connectivity index (χ4n) is 1.45. The van der Waals surface area contributed by atoms with Crippen molar-refractivity contribution in [1.82, 2.24) is 4.98 Å². The molecule has 0 spiro atoms. The van der Waals surface area contributed by atoms with Gasteiger partial charge in [-0.05, 0) is 18.2 Å². The number of esters is 1. The van der Waals surface area contributed by atoms with E-state index in [4.69, 9.17) is 16.3 Å². The number of pyridine rings is 1. The van der Waals surface area contributed by atoms with Gasteiger partial charge < -0.3 is 9.47 Å². The third-order valence-corrected chi connectivity index (χ3v) is 2.57. The largest absolute Gasteiger partial charge is 0.481 e. The first-order valence-corrected chi connectivity index (χ1v) is 5.33. The van der Waals surface area contributed by atoms with Crippen LogP contribution in [0.3, 0.4) is 0 Å². The minimum absolute atomic E-state index is 0.152. The number of benzene rings is 1. The second kappa shape index (κ2) is 5.01. The Kier molecular flexibility index (Phi) is 3.44. The number of ether oxygens (including phenoxy) is 2. The van der Waals surface area contributed by atoms with Crippen molar-refractivity contribution in [1.29, 1.82) is 0 Å². The number of carbonyl (C=O) groups excluding carboxylic acids is 1. The Morgan fingerprint density at radius 3 is 3.00 bits per heavy atom. The lowest BCUT2D eigenvalue weighted by Crippen LogP contribution is -2.12. The molecule has 0 amide bonds. The van der Waals surface area contributed by atoms with E-state index in [1.807, 2.05) is 12.1 Å². The Morgan fingerprint density at radius 1 is 1.41 bits per heavy atom. The number of aromatic nitrogens is 1. The van der Waals surface area contributed by atoms with Crippen molar-refractivity contribution in [3.8, 4) is 5.75 Å². The molecular weight excluding hydrogens is 242 g/mol. The number of nitrogens with zero attached hydrogens (tertiary/aromatic N) is 1. The summed E-state index contributed by atoms with van der Waals surface area (Å²) in [7, 11) is 1.31. The lowest BCUT2D eigenvalue weighted by Gasteiger charge is -2.08. The predicted molar refractivity (Wildman–Crippen MR) is 64.3 cm³/mol. The van der Waals surface area contributed by atoms with Crippen LogP contribution in [-0.2, 0) is 9.53 Å². The number of fused-ring (bicyclic) bond motifs is 1. The van der Waals surface area contributed by atoms with Crippen molar-refractivity contribution in [3.63, 3.8) is 0 Å². The molecule has 0 N–H and O–H groups in total. The van der Waals surface area contributed by atoms with Gasteiger partial charge in [0.05, 0.1) is 23.0 Å². The molecule has 0 atom stereocenters. The van der Waals surface area contributed by atoms with Crippen LogP contribution < -0.4 is 4.74 Å². The molecule has 88 valence electrons. The van der Waals surface area contributed by atoms with E-state index >= 15 is 0 Å². The fraction of sp³-hybridized carbons (Fsp3) is 0.167. The lowest BCUT2D eigenvalue weighted by atomic mass is 10.2. The summed E-state index contributed by atoms with van der Waals surface area (Å²) in [6, 6.07) is 7.04. The van der Waals surface area contributed by atoms with Crippen LogP contribution in [0.5, 0.6) is 5.75 Å². The normalized spacial score (nSPS) is 10.2. The Morgan fingerprint density at radius 2 is 2.24 bits per heavy atom. The highest BCUT2D eigenvalue weighted by molar-refractivity contribution is 6.35. The number of methoxy groups -OCH3 is 1. The number of halogens is 1. The molecule has 1 aromatic heterocycles. The summed E-state index contributed by atoms with van der Waals surface area (Å²) in [6.07, 6.45) is 1.60. The highest BCUT2D eigenvalue weighted by Crippen LogP contribution is 2.30. The van der Waals surface area contributed by atoms with E-state index in [-0.39, 0.29) is 6.61 Å². The molecule has 0 unspecified atom stereocenters. The number of hydrogen-bond donors (Lipinski definition) is 0. The molecule has 0 aliphatic carbocycles. The monoisotopic (exact) mass is 251 g/mol. The summed E-state index contributed by atoms with van der Waals surface area (Å²) < 4.78 is 9.86. The first-order valence-electron chi connectivity index (χ1n) is 4.95. The van der Waals surface area contributed by atoms with Gasteiger partial charge in [0, 0.05) is 6.20 Å². The fourth-order valence-corrected chi connectivity index (χ4v) is 1.71. The van der Waals surface area contributed by atoms with Crippen LogP contribution in [0.25, 0.3) is 10.9 Å². The molecule has 0 aliphatic heterocycles. The van der Waals surface area contributed by atoms with Crippen LogP contribution in [0, 0.1) is 0 Å². The molecule has 2 aromatic rings. The maximum Gasteiger partial charge on any atom is 0.343 e. The van der Waals surface area contributed by atoms with Crippen molar-refractivity contribution in [2.24, 2.45) is 0 Å². The summed E-state index contributed by atoms with van der Waals surface area (Å²) in [4.78, 5) is 15.2. The van der Waals surface area contributed by atoms with E-state index in [1.54, 1.807) is 18.3 Å². The number of rotatable bonds is 3. The summed E-state index contributed by atoms with van der Waals surface area (Å²) in [6.45, 7) is -0.152. The first-order chi connectivity index (χ1) is 8.22. The molecular formula is C12H10ClNO3. The van der Waals surface area contributed by atoms with Crippen LogP contribution in [0.2, 0.25) is 5.02 Å². The molecule has 0 bridgehead atoms. The highest BCUT2D eigenvalue weighted by atomic mass is 35.5. The maximum absolute atomic E-state index is 11.0. The van der Waals surface area contributed by atoms with Crippen molar-refractivity contribution >= 4 is 28.5 Å². The van der Waals surface area contributed by atoms with E-state index in [2.05, 4.69) is 9.72 Å². The highest BCUT2D eigenvalue weighted by Gasteiger charge is 2.08. The van der Waals surface area contributed by atoms with Gasteiger partial charge in [0.25, 0.3) is 0 Å². The summed E-state index contributed by atoms with van der Waals surface area (Å²) >= 11 is 6.08. The molecule has 1 aromatic carbocycles. The SMILES string of the molecule is COC(=O)COc1ccnc2cccc(Cl)c12. The second-order valence-corrected chi connectivity index (χ2v) is 3.72. The molecule has 1 heterocycles.